The van der Waals surface area contributed by atoms with Crippen LogP contribution in [0.2, 0.25) is 0 Å². The molecule has 0 radical (unpaired) electrons. The number of esters is 1. The molecule has 114 valence electrons. The topological polar surface area (TPSA) is 52.6 Å². The fraction of sp³-hybridized carbons (Fsp3) is 0.529. The van der Waals surface area contributed by atoms with Crippen molar-refractivity contribution in [2.45, 2.75) is 40.0 Å². The van der Waals surface area contributed by atoms with Crippen LogP contribution in [0.4, 0.5) is 0 Å². The van der Waals surface area contributed by atoms with Gasteiger partial charge in [-0.2, -0.15) is 0 Å². The molecule has 0 amide bonds. The van der Waals surface area contributed by atoms with E-state index in [4.69, 9.17) is 9.47 Å². The lowest BCUT2D eigenvalue weighted by Gasteiger charge is -2.25. The van der Waals surface area contributed by atoms with Gasteiger partial charge in [0.1, 0.15) is 5.75 Å². The fourth-order valence-corrected chi connectivity index (χ4v) is 2.26. The molecule has 4 nitrogen and oxygen atoms in total. The minimum atomic E-state index is -0.825. The van der Waals surface area contributed by atoms with E-state index in [0.29, 0.717) is 23.8 Å². The standard InChI is InChI=1S/C17H22O4/c1-4-20-17(19)16(18)14-8-11(2)12(3)9-15(14)21-10-13-6-5-7-13/h8-9,13H,4-7,10H2,1-3H3. The van der Waals surface area contributed by atoms with Crippen molar-refractivity contribution in [1.82, 2.24) is 0 Å². The lowest BCUT2D eigenvalue weighted by molar-refractivity contribution is -0.137. The van der Waals surface area contributed by atoms with E-state index in [1.165, 1.54) is 19.3 Å². The van der Waals surface area contributed by atoms with Gasteiger partial charge in [0.2, 0.25) is 0 Å². The summed E-state index contributed by atoms with van der Waals surface area (Å²) in [5, 5.41) is 0. The third kappa shape index (κ3) is 3.63. The summed E-state index contributed by atoms with van der Waals surface area (Å²) in [5.74, 6) is -0.405. The smallest absolute Gasteiger partial charge is 0.379 e. The quantitative estimate of drug-likeness (QED) is 0.458. The molecule has 2 rings (SSSR count). The van der Waals surface area contributed by atoms with E-state index in [0.717, 1.165) is 11.1 Å². The largest absolute Gasteiger partial charge is 0.493 e. The number of carbonyl (C=O) groups excluding carboxylic acids is 2. The summed E-state index contributed by atoms with van der Waals surface area (Å²) < 4.78 is 10.6. The Kier molecular flexibility index (Phi) is 4.99. The first-order valence-corrected chi connectivity index (χ1v) is 7.48. The molecule has 0 aliphatic heterocycles. The number of hydrogen-bond donors (Lipinski definition) is 0. The maximum Gasteiger partial charge on any atom is 0.379 e. The predicted molar refractivity (Wildman–Crippen MR) is 79.7 cm³/mol. The second kappa shape index (κ2) is 6.74. The van der Waals surface area contributed by atoms with Crippen LogP contribution in [0.15, 0.2) is 12.1 Å². The highest BCUT2D eigenvalue weighted by atomic mass is 16.5. The van der Waals surface area contributed by atoms with Crippen molar-refractivity contribution in [2.75, 3.05) is 13.2 Å². The van der Waals surface area contributed by atoms with Crippen LogP contribution in [0.1, 0.15) is 47.7 Å². The molecule has 0 spiro atoms. The molecular weight excluding hydrogens is 268 g/mol. The number of ether oxygens (including phenoxy) is 2. The molecule has 1 aliphatic carbocycles. The van der Waals surface area contributed by atoms with Gasteiger partial charge in [-0.1, -0.05) is 6.42 Å². The predicted octanol–water partition coefficient (Wildman–Crippen LogP) is 3.23. The molecule has 1 aromatic carbocycles. The number of hydrogen-bond acceptors (Lipinski definition) is 4. The van der Waals surface area contributed by atoms with E-state index in [2.05, 4.69) is 0 Å². The van der Waals surface area contributed by atoms with Crippen LogP contribution in [-0.2, 0) is 9.53 Å². The van der Waals surface area contributed by atoms with E-state index < -0.39 is 11.8 Å². The van der Waals surface area contributed by atoms with E-state index >= 15 is 0 Å². The minimum absolute atomic E-state index is 0.188. The first-order valence-electron chi connectivity index (χ1n) is 7.48. The van der Waals surface area contributed by atoms with Gasteiger partial charge >= 0.3 is 5.97 Å². The van der Waals surface area contributed by atoms with E-state index in [-0.39, 0.29) is 6.61 Å². The Morgan fingerprint density at radius 2 is 1.86 bits per heavy atom. The van der Waals surface area contributed by atoms with Crippen LogP contribution < -0.4 is 4.74 Å². The minimum Gasteiger partial charge on any atom is -0.493 e. The second-order valence-corrected chi connectivity index (χ2v) is 5.59. The average molecular weight is 290 g/mol. The number of ketones is 1. The maximum absolute atomic E-state index is 12.2. The SMILES string of the molecule is CCOC(=O)C(=O)c1cc(C)c(C)cc1OCC1CCC1. The van der Waals surface area contributed by atoms with Crippen LogP contribution in [0.25, 0.3) is 0 Å². The van der Waals surface area contributed by atoms with Crippen molar-refractivity contribution in [1.29, 1.82) is 0 Å². The van der Waals surface area contributed by atoms with Gasteiger partial charge in [-0.05, 0) is 62.8 Å². The van der Waals surface area contributed by atoms with Gasteiger partial charge in [0.25, 0.3) is 5.78 Å². The van der Waals surface area contributed by atoms with Crippen molar-refractivity contribution in [3.63, 3.8) is 0 Å². The lowest BCUT2D eigenvalue weighted by Crippen LogP contribution is -2.22. The summed E-state index contributed by atoms with van der Waals surface area (Å²) in [5.41, 5.74) is 2.30. The third-order valence-corrected chi connectivity index (χ3v) is 4.00. The summed E-state index contributed by atoms with van der Waals surface area (Å²) in [6.45, 7) is 6.34. The van der Waals surface area contributed by atoms with Gasteiger partial charge < -0.3 is 9.47 Å². The summed E-state index contributed by atoms with van der Waals surface area (Å²) in [6, 6.07) is 3.55. The zero-order chi connectivity index (χ0) is 15.4. The van der Waals surface area contributed by atoms with E-state index in [1.807, 2.05) is 19.9 Å². The van der Waals surface area contributed by atoms with Gasteiger partial charge in [0, 0.05) is 0 Å². The molecule has 0 N–H and O–H groups in total. The van der Waals surface area contributed by atoms with Crippen molar-refractivity contribution in [3.05, 3.63) is 28.8 Å². The Bertz CT molecular complexity index is 544. The number of Topliss-reactive ketones (excluding diaryl/α,β-unsaturated/α-hetero) is 1. The van der Waals surface area contributed by atoms with Gasteiger partial charge in [-0.3, -0.25) is 4.79 Å². The average Bonchev–Trinajstić information content (AvgIpc) is 2.40. The van der Waals surface area contributed by atoms with Crippen LogP contribution in [0, 0.1) is 19.8 Å². The van der Waals surface area contributed by atoms with Crippen LogP contribution >= 0.6 is 0 Å². The van der Waals surface area contributed by atoms with Gasteiger partial charge in [0.05, 0.1) is 18.8 Å². The Balaban J connectivity index is 2.21. The molecule has 4 heteroatoms. The van der Waals surface area contributed by atoms with Gasteiger partial charge in [-0.25, -0.2) is 4.79 Å². The molecular formula is C17H22O4. The number of rotatable bonds is 6. The van der Waals surface area contributed by atoms with Crippen LogP contribution in [-0.4, -0.2) is 25.0 Å². The molecule has 1 aromatic rings. The Morgan fingerprint density at radius 1 is 1.19 bits per heavy atom. The van der Waals surface area contributed by atoms with Gasteiger partial charge in [0.15, 0.2) is 0 Å². The van der Waals surface area contributed by atoms with Crippen molar-refractivity contribution in [2.24, 2.45) is 5.92 Å². The summed E-state index contributed by atoms with van der Waals surface area (Å²) in [7, 11) is 0. The third-order valence-electron chi connectivity index (χ3n) is 4.00. The molecule has 0 saturated heterocycles. The fourth-order valence-electron chi connectivity index (χ4n) is 2.26. The molecule has 1 aliphatic rings. The van der Waals surface area contributed by atoms with Crippen LogP contribution in [0.5, 0.6) is 5.75 Å². The Labute approximate surface area is 125 Å². The monoisotopic (exact) mass is 290 g/mol. The summed E-state index contributed by atoms with van der Waals surface area (Å²) in [4.78, 5) is 23.9. The molecule has 0 bridgehead atoms. The maximum atomic E-state index is 12.2. The first kappa shape index (κ1) is 15.5. The normalized spacial score (nSPS) is 14.4. The Morgan fingerprint density at radius 3 is 2.43 bits per heavy atom. The first-order chi connectivity index (χ1) is 10.0. The number of aryl methyl sites for hydroxylation is 2. The highest BCUT2D eigenvalue weighted by Crippen LogP contribution is 2.29. The Hall–Kier alpha value is -1.84. The molecule has 21 heavy (non-hydrogen) atoms. The molecule has 1 fully saturated rings. The van der Waals surface area contributed by atoms with E-state index in [1.54, 1.807) is 13.0 Å². The zero-order valence-electron chi connectivity index (χ0n) is 12.9. The zero-order valence-corrected chi connectivity index (χ0v) is 12.9. The van der Waals surface area contributed by atoms with E-state index in [9.17, 15) is 9.59 Å². The molecule has 0 unspecified atom stereocenters. The van der Waals surface area contributed by atoms with Gasteiger partial charge in [-0.15, -0.1) is 0 Å². The number of benzene rings is 1. The second-order valence-electron chi connectivity index (χ2n) is 5.59. The van der Waals surface area contributed by atoms with Crippen molar-refractivity contribution < 1.29 is 19.1 Å². The summed E-state index contributed by atoms with van der Waals surface area (Å²) in [6.07, 6.45) is 3.59. The highest BCUT2D eigenvalue weighted by molar-refractivity contribution is 6.41. The molecule has 0 heterocycles. The molecule has 0 atom stereocenters. The lowest BCUT2D eigenvalue weighted by atomic mass is 9.86. The van der Waals surface area contributed by atoms with Crippen LogP contribution in [0.3, 0.4) is 0 Å². The highest BCUT2D eigenvalue weighted by Gasteiger charge is 2.24. The molecule has 0 aromatic heterocycles. The van der Waals surface area contributed by atoms with Crippen molar-refractivity contribution in [3.8, 4) is 5.75 Å². The molecule has 1 saturated carbocycles. The summed E-state index contributed by atoms with van der Waals surface area (Å²) >= 11 is 0. The number of carbonyl (C=O) groups is 2. The van der Waals surface area contributed by atoms with Crippen molar-refractivity contribution >= 4 is 11.8 Å².